The number of hydrogen-bond donors (Lipinski definition) is 0. The Morgan fingerprint density at radius 3 is 2.60 bits per heavy atom. The standard InChI is InChI=1S/C21H18F3N7O3S/c1-20(2,3)33-18(32)12-8-15(29-27-9-12)31(16-10-25-6-7-26-16)11-13-4-5-14(35-13)17-28-19(34-30-17)21(22,23)24/h4-10H,11H2,1-3H3. The van der Waals surface area contributed by atoms with Gasteiger partial charge in [-0.2, -0.15) is 23.3 Å². The predicted octanol–water partition coefficient (Wildman–Crippen LogP) is 4.69. The summed E-state index contributed by atoms with van der Waals surface area (Å²) in [6, 6.07) is 4.81. The van der Waals surface area contributed by atoms with Crippen molar-refractivity contribution in [2.45, 2.75) is 39.1 Å². The summed E-state index contributed by atoms with van der Waals surface area (Å²) in [5.41, 5.74) is -0.503. The molecule has 0 saturated carbocycles. The molecular formula is C21H18F3N7O3S. The normalized spacial score (nSPS) is 11.9. The summed E-state index contributed by atoms with van der Waals surface area (Å²) >= 11 is 1.16. The highest BCUT2D eigenvalue weighted by Gasteiger charge is 2.38. The molecule has 10 nitrogen and oxygen atoms in total. The fourth-order valence-corrected chi connectivity index (χ4v) is 3.75. The second-order valence-corrected chi connectivity index (χ2v) is 9.31. The van der Waals surface area contributed by atoms with E-state index in [2.05, 4.69) is 34.8 Å². The van der Waals surface area contributed by atoms with Crippen LogP contribution in [0, 0.1) is 0 Å². The molecule has 4 rings (SSSR count). The number of esters is 1. The van der Waals surface area contributed by atoms with E-state index < -0.39 is 23.6 Å². The van der Waals surface area contributed by atoms with Crippen LogP contribution in [0.5, 0.6) is 0 Å². The number of nitrogens with zero attached hydrogens (tertiary/aromatic N) is 7. The zero-order chi connectivity index (χ0) is 25.2. The van der Waals surface area contributed by atoms with Crippen molar-refractivity contribution in [2.24, 2.45) is 0 Å². The van der Waals surface area contributed by atoms with Gasteiger partial charge in [0.2, 0.25) is 5.82 Å². The van der Waals surface area contributed by atoms with E-state index >= 15 is 0 Å². The Kier molecular flexibility index (Phi) is 6.47. The maximum atomic E-state index is 12.8. The first-order valence-electron chi connectivity index (χ1n) is 10.1. The van der Waals surface area contributed by atoms with Gasteiger partial charge in [-0.3, -0.25) is 4.98 Å². The number of ether oxygens (including phenoxy) is 1. The number of thiophene rings is 1. The summed E-state index contributed by atoms with van der Waals surface area (Å²) < 4.78 is 48.1. The molecule has 4 aromatic heterocycles. The molecule has 0 aliphatic heterocycles. The van der Waals surface area contributed by atoms with Crippen molar-refractivity contribution in [2.75, 3.05) is 4.90 Å². The van der Waals surface area contributed by atoms with E-state index in [9.17, 15) is 18.0 Å². The molecule has 14 heteroatoms. The summed E-state index contributed by atoms with van der Waals surface area (Å²) in [6.45, 7) is 5.45. The van der Waals surface area contributed by atoms with Gasteiger partial charge in [-0.25, -0.2) is 9.78 Å². The number of hydrogen-bond acceptors (Lipinski definition) is 11. The Labute approximate surface area is 200 Å². The third-order valence-corrected chi connectivity index (χ3v) is 5.31. The van der Waals surface area contributed by atoms with Gasteiger partial charge in [-0.15, -0.1) is 16.4 Å². The Morgan fingerprint density at radius 2 is 1.94 bits per heavy atom. The maximum absolute atomic E-state index is 12.8. The van der Waals surface area contributed by atoms with Crippen molar-refractivity contribution >= 4 is 28.9 Å². The number of alkyl halides is 3. The first-order chi connectivity index (χ1) is 16.5. The first kappa shape index (κ1) is 24.2. The van der Waals surface area contributed by atoms with E-state index in [4.69, 9.17) is 4.74 Å². The number of halogens is 3. The van der Waals surface area contributed by atoms with Gasteiger partial charge >= 0.3 is 18.0 Å². The smallest absolute Gasteiger partial charge is 0.456 e. The number of rotatable bonds is 6. The fraction of sp³-hybridized carbons (Fsp3) is 0.286. The van der Waals surface area contributed by atoms with E-state index in [1.54, 1.807) is 37.8 Å². The SMILES string of the molecule is CC(C)(C)OC(=O)c1cnnc(N(Cc2ccc(-c3noc(C(F)(F)F)n3)s2)c2cnccn2)c1. The molecular weight excluding hydrogens is 487 g/mol. The second kappa shape index (κ2) is 9.37. The van der Waals surface area contributed by atoms with Crippen molar-refractivity contribution in [3.63, 3.8) is 0 Å². The molecule has 0 atom stereocenters. The largest absolute Gasteiger partial charge is 0.471 e. The Balaban J connectivity index is 1.63. The number of aromatic nitrogens is 6. The first-order valence-corrected chi connectivity index (χ1v) is 10.9. The second-order valence-electron chi connectivity index (χ2n) is 8.14. The third-order valence-electron chi connectivity index (χ3n) is 4.24. The van der Waals surface area contributed by atoms with E-state index in [-0.39, 0.29) is 17.9 Å². The molecule has 0 aliphatic rings. The molecule has 4 heterocycles. The zero-order valence-electron chi connectivity index (χ0n) is 18.6. The minimum atomic E-state index is -4.73. The van der Waals surface area contributed by atoms with Crippen LogP contribution >= 0.6 is 11.3 Å². The molecule has 35 heavy (non-hydrogen) atoms. The van der Waals surface area contributed by atoms with E-state index in [0.717, 1.165) is 11.3 Å². The maximum Gasteiger partial charge on any atom is 0.471 e. The minimum Gasteiger partial charge on any atom is -0.456 e. The highest BCUT2D eigenvalue weighted by atomic mass is 32.1. The van der Waals surface area contributed by atoms with Crippen molar-refractivity contribution in [3.8, 4) is 10.7 Å². The highest BCUT2D eigenvalue weighted by molar-refractivity contribution is 7.15. The average Bonchev–Trinajstić information content (AvgIpc) is 3.47. The van der Waals surface area contributed by atoms with E-state index in [0.29, 0.717) is 21.4 Å². The lowest BCUT2D eigenvalue weighted by Crippen LogP contribution is -2.25. The van der Waals surface area contributed by atoms with E-state index in [1.807, 2.05) is 0 Å². The van der Waals surface area contributed by atoms with Crippen LogP contribution in [-0.4, -0.2) is 41.9 Å². The summed E-state index contributed by atoms with van der Waals surface area (Å²) in [6.07, 6.45) is 1.06. The number of carbonyl (C=O) groups excluding carboxylic acids is 1. The van der Waals surface area contributed by atoms with Crippen LogP contribution in [0.3, 0.4) is 0 Å². The minimum absolute atomic E-state index is 0.175. The summed E-state index contributed by atoms with van der Waals surface area (Å²) in [5.74, 6) is -1.45. The van der Waals surface area contributed by atoms with Crippen molar-refractivity contribution in [1.82, 2.24) is 30.3 Å². The van der Waals surface area contributed by atoms with Crippen LogP contribution in [0.1, 0.15) is 41.9 Å². The topological polar surface area (TPSA) is 120 Å². The van der Waals surface area contributed by atoms with Gasteiger partial charge in [-0.05, 0) is 39.0 Å². The monoisotopic (exact) mass is 505 g/mol. The van der Waals surface area contributed by atoms with Crippen LogP contribution in [0.4, 0.5) is 24.8 Å². The summed E-state index contributed by atoms with van der Waals surface area (Å²) in [7, 11) is 0. The zero-order valence-corrected chi connectivity index (χ0v) is 19.5. The predicted molar refractivity (Wildman–Crippen MR) is 118 cm³/mol. The molecule has 0 unspecified atom stereocenters. The van der Waals surface area contributed by atoms with Crippen LogP contribution in [0.25, 0.3) is 10.7 Å². The van der Waals surface area contributed by atoms with Crippen LogP contribution in [0.15, 0.2) is 47.5 Å². The Hall–Kier alpha value is -3.94. The van der Waals surface area contributed by atoms with Crippen molar-refractivity contribution in [1.29, 1.82) is 0 Å². The number of anilines is 2. The van der Waals surface area contributed by atoms with Gasteiger partial charge in [0.1, 0.15) is 5.60 Å². The van der Waals surface area contributed by atoms with Gasteiger partial charge in [0.05, 0.1) is 29.4 Å². The van der Waals surface area contributed by atoms with Crippen LogP contribution in [-0.2, 0) is 17.5 Å². The Morgan fingerprint density at radius 1 is 1.14 bits per heavy atom. The molecule has 0 N–H and O–H groups in total. The van der Waals surface area contributed by atoms with Crippen LogP contribution < -0.4 is 4.90 Å². The van der Waals surface area contributed by atoms with Gasteiger partial charge in [0.15, 0.2) is 11.6 Å². The van der Waals surface area contributed by atoms with Gasteiger partial charge < -0.3 is 14.2 Å². The van der Waals surface area contributed by atoms with Crippen molar-refractivity contribution < 1.29 is 27.2 Å². The van der Waals surface area contributed by atoms with Crippen molar-refractivity contribution in [3.05, 3.63) is 59.3 Å². The molecule has 0 radical (unpaired) electrons. The highest BCUT2D eigenvalue weighted by Crippen LogP contribution is 2.33. The summed E-state index contributed by atoms with van der Waals surface area (Å²) in [5, 5.41) is 11.5. The molecule has 0 aliphatic carbocycles. The molecule has 4 aromatic rings. The summed E-state index contributed by atoms with van der Waals surface area (Å²) in [4.78, 5) is 27.1. The van der Waals surface area contributed by atoms with Crippen LogP contribution in [0.2, 0.25) is 0 Å². The van der Waals surface area contributed by atoms with Gasteiger partial charge in [0, 0.05) is 17.3 Å². The quantitative estimate of drug-likeness (QED) is 0.341. The molecule has 0 fully saturated rings. The van der Waals surface area contributed by atoms with Gasteiger partial charge in [0.25, 0.3) is 0 Å². The Bertz CT molecular complexity index is 1320. The molecule has 0 amide bonds. The van der Waals surface area contributed by atoms with Gasteiger partial charge in [-0.1, -0.05) is 5.16 Å². The lowest BCUT2D eigenvalue weighted by atomic mass is 10.2. The molecule has 0 aromatic carbocycles. The molecule has 182 valence electrons. The number of carbonyl (C=O) groups is 1. The average molecular weight is 505 g/mol. The fourth-order valence-electron chi connectivity index (χ4n) is 2.82. The third kappa shape index (κ3) is 5.95. The lowest BCUT2D eigenvalue weighted by Gasteiger charge is -2.22. The molecule has 0 saturated heterocycles. The molecule has 0 bridgehead atoms. The molecule has 0 spiro atoms. The lowest BCUT2D eigenvalue weighted by molar-refractivity contribution is -0.159. The van der Waals surface area contributed by atoms with E-state index in [1.165, 1.54) is 30.9 Å².